The van der Waals surface area contributed by atoms with Gasteiger partial charge in [-0.15, -0.1) is 12.4 Å². The lowest BCUT2D eigenvalue weighted by atomic mass is 10.8. The molecule has 5 nitrogen and oxygen atoms in total. The number of hydrogen-bond acceptors (Lipinski definition) is 4. The van der Waals surface area contributed by atoms with Gasteiger partial charge in [-0.25, -0.2) is 13.4 Å². The molecule has 2 N–H and O–H groups in total. The highest BCUT2D eigenvalue weighted by Crippen LogP contribution is 2.05. The predicted molar refractivity (Wildman–Crippen MR) is 51.6 cm³/mol. The van der Waals surface area contributed by atoms with E-state index in [1.165, 1.54) is 10.8 Å². The van der Waals surface area contributed by atoms with Crippen LogP contribution in [-0.2, 0) is 16.9 Å². The van der Waals surface area contributed by atoms with Crippen molar-refractivity contribution < 1.29 is 8.42 Å². The maximum Gasteiger partial charge on any atom is 0.227 e. The van der Waals surface area contributed by atoms with Gasteiger partial charge in [-0.05, 0) is 0 Å². The van der Waals surface area contributed by atoms with E-state index >= 15 is 0 Å². The summed E-state index contributed by atoms with van der Waals surface area (Å²) in [5.41, 5.74) is 5.15. The highest BCUT2D eigenvalue weighted by molar-refractivity contribution is 7.91. The van der Waals surface area contributed by atoms with Crippen LogP contribution in [0.1, 0.15) is 0 Å². The van der Waals surface area contributed by atoms with Crippen molar-refractivity contribution in [3.8, 4) is 0 Å². The van der Waals surface area contributed by atoms with Crippen molar-refractivity contribution in [2.24, 2.45) is 12.8 Å². The number of aryl methyl sites for hydroxylation is 1. The third-order valence-corrected chi connectivity index (χ3v) is 3.16. The molecule has 0 spiro atoms. The van der Waals surface area contributed by atoms with Crippen molar-refractivity contribution in [3.63, 3.8) is 0 Å². The summed E-state index contributed by atoms with van der Waals surface area (Å²) in [4.78, 5) is 3.73. The molecular formula is C6H12ClN3O2S. The molecule has 0 aliphatic heterocycles. The van der Waals surface area contributed by atoms with E-state index in [4.69, 9.17) is 5.73 Å². The Morgan fingerprint density at radius 2 is 2.23 bits per heavy atom. The fourth-order valence-electron chi connectivity index (χ4n) is 0.898. The van der Waals surface area contributed by atoms with E-state index in [0.717, 1.165) is 0 Å². The first-order valence-electron chi connectivity index (χ1n) is 3.48. The molecule has 0 radical (unpaired) electrons. The largest absolute Gasteiger partial charge is 0.329 e. The molecule has 0 saturated heterocycles. The molecule has 0 bridgehead atoms. The van der Waals surface area contributed by atoms with Crippen LogP contribution in [0.2, 0.25) is 0 Å². The van der Waals surface area contributed by atoms with Gasteiger partial charge in [0.2, 0.25) is 15.0 Å². The minimum absolute atomic E-state index is 0. The Labute approximate surface area is 83.3 Å². The molecule has 0 aliphatic rings. The number of sulfone groups is 1. The highest BCUT2D eigenvalue weighted by atomic mass is 35.5. The van der Waals surface area contributed by atoms with Crippen molar-refractivity contribution in [2.45, 2.75) is 5.16 Å². The summed E-state index contributed by atoms with van der Waals surface area (Å²) in [6, 6.07) is 0. The number of halogens is 1. The maximum atomic E-state index is 11.4. The molecule has 1 aromatic rings. The maximum absolute atomic E-state index is 11.4. The van der Waals surface area contributed by atoms with Crippen LogP contribution in [0.15, 0.2) is 17.6 Å². The van der Waals surface area contributed by atoms with Gasteiger partial charge in [0, 0.05) is 26.0 Å². The first-order chi connectivity index (χ1) is 5.58. The molecule has 0 fully saturated rings. The predicted octanol–water partition coefficient (Wildman–Crippen LogP) is -0.426. The molecule has 0 unspecified atom stereocenters. The molecule has 13 heavy (non-hydrogen) atoms. The van der Waals surface area contributed by atoms with E-state index in [-0.39, 0.29) is 29.9 Å². The van der Waals surface area contributed by atoms with Gasteiger partial charge in [0.25, 0.3) is 0 Å². The van der Waals surface area contributed by atoms with Gasteiger partial charge >= 0.3 is 0 Å². The summed E-state index contributed by atoms with van der Waals surface area (Å²) in [6.07, 6.45) is 3.03. The van der Waals surface area contributed by atoms with Gasteiger partial charge in [0.05, 0.1) is 5.75 Å². The van der Waals surface area contributed by atoms with Gasteiger partial charge in [-0.3, -0.25) is 0 Å². The Morgan fingerprint density at radius 1 is 1.62 bits per heavy atom. The van der Waals surface area contributed by atoms with Crippen LogP contribution < -0.4 is 5.73 Å². The van der Waals surface area contributed by atoms with Gasteiger partial charge in [-0.1, -0.05) is 0 Å². The molecule has 0 atom stereocenters. The molecule has 1 heterocycles. The molecule has 76 valence electrons. The fraction of sp³-hybridized carbons (Fsp3) is 0.500. The molecule has 1 aromatic heterocycles. The minimum atomic E-state index is -3.27. The molecule has 7 heteroatoms. The summed E-state index contributed by atoms with van der Waals surface area (Å²) in [5.74, 6) is -0.0577. The molecular weight excluding hydrogens is 214 g/mol. The Hall–Kier alpha value is -0.590. The van der Waals surface area contributed by atoms with Crippen LogP contribution in [0.4, 0.5) is 0 Å². The standard InChI is InChI=1S/C6H11N3O2S.ClH/c1-9-4-3-8-6(9)12(10,11)5-2-7;/h3-4H,2,5,7H2,1H3;1H. The van der Waals surface area contributed by atoms with E-state index in [1.807, 2.05) is 0 Å². The summed E-state index contributed by atoms with van der Waals surface area (Å²) in [7, 11) is -1.64. The van der Waals surface area contributed by atoms with Gasteiger partial charge in [-0.2, -0.15) is 0 Å². The fourth-order valence-corrected chi connectivity index (χ4v) is 2.11. The van der Waals surface area contributed by atoms with Crippen LogP contribution in [0, 0.1) is 0 Å². The number of hydrogen-bond donors (Lipinski definition) is 1. The summed E-state index contributed by atoms with van der Waals surface area (Å²) >= 11 is 0. The van der Waals surface area contributed by atoms with Crippen molar-refractivity contribution >= 4 is 22.2 Å². The van der Waals surface area contributed by atoms with E-state index in [2.05, 4.69) is 4.98 Å². The Bertz CT molecular complexity index is 360. The quantitative estimate of drug-likeness (QED) is 0.758. The van der Waals surface area contributed by atoms with Gasteiger partial charge < -0.3 is 10.3 Å². The second-order valence-electron chi connectivity index (χ2n) is 2.43. The lowest BCUT2D eigenvalue weighted by Gasteiger charge is -2.00. The summed E-state index contributed by atoms with van der Waals surface area (Å²) in [5, 5.41) is 0.0768. The number of nitrogens with two attached hydrogens (primary N) is 1. The zero-order chi connectivity index (χ0) is 9.19. The van der Waals surface area contributed by atoms with E-state index in [9.17, 15) is 8.42 Å². The van der Waals surface area contributed by atoms with Crippen molar-refractivity contribution in [3.05, 3.63) is 12.4 Å². The normalized spacial score (nSPS) is 10.9. The van der Waals surface area contributed by atoms with Crippen LogP contribution in [0.25, 0.3) is 0 Å². The Kier molecular flexibility index (Phi) is 4.38. The second-order valence-corrected chi connectivity index (χ2v) is 4.43. The number of nitrogens with zero attached hydrogens (tertiary/aromatic N) is 2. The van der Waals surface area contributed by atoms with Crippen LogP contribution in [0.5, 0.6) is 0 Å². The third kappa shape index (κ3) is 2.68. The molecule has 0 saturated carbocycles. The molecule has 1 rings (SSSR count). The molecule has 0 amide bonds. The average Bonchev–Trinajstić information content (AvgIpc) is 2.35. The van der Waals surface area contributed by atoms with Crippen LogP contribution in [-0.4, -0.2) is 30.3 Å². The first kappa shape index (κ1) is 12.4. The summed E-state index contributed by atoms with van der Waals surface area (Å²) < 4.78 is 24.2. The highest BCUT2D eigenvalue weighted by Gasteiger charge is 2.17. The molecule has 0 aromatic carbocycles. The van der Waals surface area contributed by atoms with Gasteiger partial charge in [0.15, 0.2) is 0 Å². The van der Waals surface area contributed by atoms with Crippen LogP contribution in [0.3, 0.4) is 0 Å². The first-order valence-corrected chi connectivity index (χ1v) is 5.13. The topological polar surface area (TPSA) is 78.0 Å². The average molecular weight is 226 g/mol. The van der Waals surface area contributed by atoms with Crippen molar-refractivity contribution in [2.75, 3.05) is 12.3 Å². The van der Waals surface area contributed by atoms with Crippen LogP contribution >= 0.6 is 12.4 Å². The smallest absolute Gasteiger partial charge is 0.227 e. The Balaban J connectivity index is 0.00000144. The molecule has 0 aliphatic carbocycles. The second kappa shape index (κ2) is 4.59. The zero-order valence-electron chi connectivity index (χ0n) is 7.17. The monoisotopic (exact) mass is 225 g/mol. The minimum Gasteiger partial charge on any atom is -0.329 e. The lowest BCUT2D eigenvalue weighted by Crippen LogP contribution is -2.18. The number of imidazole rings is 1. The summed E-state index contributed by atoms with van der Waals surface area (Å²) in [6.45, 7) is 0.120. The van der Waals surface area contributed by atoms with E-state index < -0.39 is 9.84 Å². The lowest BCUT2D eigenvalue weighted by molar-refractivity contribution is 0.579. The van der Waals surface area contributed by atoms with Crippen molar-refractivity contribution in [1.82, 2.24) is 9.55 Å². The number of aromatic nitrogens is 2. The van der Waals surface area contributed by atoms with Crippen molar-refractivity contribution in [1.29, 1.82) is 0 Å². The Morgan fingerprint density at radius 3 is 2.62 bits per heavy atom. The number of rotatable bonds is 3. The third-order valence-electron chi connectivity index (χ3n) is 1.44. The SMILES string of the molecule is Cl.Cn1ccnc1S(=O)(=O)CCN. The zero-order valence-corrected chi connectivity index (χ0v) is 8.81. The van der Waals surface area contributed by atoms with E-state index in [1.54, 1.807) is 13.2 Å². The van der Waals surface area contributed by atoms with Gasteiger partial charge in [0.1, 0.15) is 0 Å². The van der Waals surface area contributed by atoms with E-state index in [0.29, 0.717) is 0 Å².